The SMILES string of the molecule is COc1cc(C2NC(=O)c3ccccc3N2)ccc1OCc1ccccc1Cl. The molecule has 0 bridgehead atoms. The summed E-state index contributed by atoms with van der Waals surface area (Å²) < 4.78 is 11.4. The maximum Gasteiger partial charge on any atom is 0.255 e. The quantitative estimate of drug-likeness (QED) is 0.653. The number of carbonyl (C=O) groups is 1. The lowest BCUT2D eigenvalue weighted by Crippen LogP contribution is -2.38. The normalized spacial score (nSPS) is 15.2. The summed E-state index contributed by atoms with van der Waals surface area (Å²) in [5.41, 5.74) is 3.19. The highest BCUT2D eigenvalue weighted by Crippen LogP contribution is 2.33. The molecule has 0 saturated carbocycles. The number of halogens is 1. The summed E-state index contributed by atoms with van der Waals surface area (Å²) in [6, 6.07) is 20.5. The Morgan fingerprint density at radius 2 is 1.75 bits per heavy atom. The van der Waals surface area contributed by atoms with Gasteiger partial charge in [-0.1, -0.05) is 48.0 Å². The number of fused-ring (bicyclic) bond motifs is 1. The van der Waals surface area contributed by atoms with E-state index >= 15 is 0 Å². The van der Waals surface area contributed by atoms with E-state index in [1.54, 1.807) is 13.2 Å². The molecule has 3 aromatic carbocycles. The second-order valence-corrected chi connectivity index (χ2v) is 6.79. The average Bonchev–Trinajstić information content (AvgIpc) is 2.73. The van der Waals surface area contributed by atoms with Crippen LogP contribution in [-0.2, 0) is 6.61 Å². The van der Waals surface area contributed by atoms with Crippen LogP contribution in [0.15, 0.2) is 66.7 Å². The first-order valence-electron chi connectivity index (χ1n) is 8.86. The van der Waals surface area contributed by atoms with Crippen molar-refractivity contribution in [2.45, 2.75) is 12.8 Å². The van der Waals surface area contributed by atoms with Gasteiger partial charge in [0.25, 0.3) is 5.91 Å². The van der Waals surface area contributed by atoms with Crippen LogP contribution in [0, 0.1) is 0 Å². The third-order valence-corrected chi connectivity index (χ3v) is 4.98. The maximum absolute atomic E-state index is 12.4. The Bertz CT molecular complexity index is 1020. The lowest BCUT2D eigenvalue weighted by Gasteiger charge is -2.28. The van der Waals surface area contributed by atoms with Crippen LogP contribution >= 0.6 is 11.6 Å². The van der Waals surface area contributed by atoms with Gasteiger partial charge in [0.2, 0.25) is 0 Å². The molecule has 2 N–H and O–H groups in total. The molecule has 4 rings (SSSR count). The highest BCUT2D eigenvalue weighted by molar-refractivity contribution is 6.31. The second-order valence-electron chi connectivity index (χ2n) is 6.39. The van der Waals surface area contributed by atoms with Crippen molar-refractivity contribution < 1.29 is 14.3 Å². The van der Waals surface area contributed by atoms with E-state index in [0.29, 0.717) is 28.7 Å². The topological polar surface area (TPSA) is 59.6 Å². The van der Waals surface area contributed by atoms with Crippen LogP contribution in [0.25, 0.3) is 0 Å². The van der Waals surface area contributed by atoms with Gasteiger partial charge in [-0.3, -0.25) is 4.79 Å². The zero-order chi connectivity index (χ0) is 19.5. The van der Waals surface area contributed by atoms with Crippen LogP contribution < -0.4 is 20.1 Å². The minimum Gasteiger partial charge on any atom is -0.493 e. The van der Waals surface area contributed by atoms with Gasteiger partial charge >= 0.3 is 0 Å². The summed E-state index contributed by atoms with van der Waals surface area (Å²) in [6.45, 7) is 0.334. The monoisotopic (exact) mass is 394 g/mol. The second kappa shape index (κ2) is 7.82. The minimum absolute atomic E-state index is 0.114. The molecule has 0 saturated heterocycles. The fourth-order valence-electron chi connectivity index (χ4n) is 3.13. The van der Waals surface area contributed by atoms with Gasteiger partial charge in [0.05, 0.1) is 12.7 Å². The number of para-hydroxylation sites is 1. The van der Waals surface area contributed by atoms with Crippen molar-refractivity contribution in [1.29, 1.82) is 0 Å². The van der Waals surface area contributed by atoms with Crippen molar-refractivity contribution >= 4 is 23.2 Å². The fraction of sp³-hybridized carbons (Fsp3) is 0.136. The molecule has 1 amide bonds. The van der Waals surface area contributed by atoms with Gasteiger partial charge in [0.1, 0.15) is 12.8 Å². The van der Waals surface area contributed by atoms with E-state index in [0.717, 1.165) is 16.8 Å². The van der Waals surface area contributed by atoms with Gasteiger partial charge in [0.15, 0.2) is 11.5 Å². The van der Waals surface area contributed by atoms with E-state index in [4.69, 9.17) is 21.1 Å². The molecule has 1 aliphatic rings. The summed E-state index contributed by atoms with van der Waals surface area (Å²) in [5.74, 6) is 1.07. The van der Waals surface area contributed by atoms with E-state index in [9.17, 15) is 4.79 Å². The number of nitrogens with one attached hydrogen (secondary N) is 2. The maximum atomic E-state index is 12.4. The zero-order valence-electron chi connectivity index (χ0n) is 15.2. The lowest BCUT2D eigenvalue weighted by molar-refractivity contribution is 0.0935. The molecule has 6 heteroatoms. The molecule has 142 valence electrons. The Morgan fingerprint density at radius 3 is 2.57 bits per heavy atom. The molecule has 1 unspecified atom stereocenters. The largest absolute Gasteiger partial charge is 0.493 e. The number of hydrogen-bond acceptors (Lipinski definition) is 4. The Kier molecular flexibility index (Phi) is 5.08. The van der Waals surface area contributed by atoms with Gasteiger partial charge in [0, 0.05) is 16.3 Å². The number of ether oxygens (including phenoxy) is 2. The summed E-state index contributed by atoms with van der Waals surface area (Å²) in [6.07, 6.45) is -0.353. The number of rotatable bonds is 5. The van der Waals surface area contributed by atoms with Crippen LogP contribution in [0.3, 0.4) is 0 Å². The Hall–Kier alpha value is -3.18. The molecule has 0 spiro atoms. The minimum atomic E-state index is -0.353. The van der Waals surface area contributed by atoms with Crippen molar-refractivity contribution in [2.75, 3.05) is 12.4 Å². The summed E-state index contributed by atoms with van der Waals surface area (Å²) in [7, 11) is 1.59. The van der Waals surface area contributed by atoms with Crippen LogP contribution in [0.1, 0.15) is 27.7 Å². The van der Waals surface area contributed by atoms with Crippen LogP contribution in [-0.4, -0.2) is 13.0 Å². The van der Waals surface area contributed by atoms with Gasteiger partial charge in [-0.05, 0) is 35.9 Å². The van der Waals surface area contributed by atoms with Crippen LogP contribution in [0.5, 0.6) is 11.5 Å². The first kappa shape index (κ1) is 18.2. The molecule has 28 heavy (non-hydrogen) atoms. The predicted octanol–water partition coefficient (Wildman–Crippen LogP) is 4.78. The molecular formula is C22H19ClN2O3. The zero-order valence-corrected chi connectivity index (χ0v) is 16.0. The summed E-state index contributed by atoms with van der Waals surface area (Å²) in [5, 5.41) is 6.95. The molecule has 0 aliphatic carbocycles. The lowest BCUT2D eigenvalue weighted by atomic mass is 10.1. The molecule has 3 aromatic rings. The van der Waals surface area contributed by atoms with Gasteiger partial charge in [-0.25, -0.2) is 0 Å². The standard InChI is InChI=1S/C22H19ClN2O3/c1-27-20-12-14(21-24-18-9-5-3-7-16(18)22(26)25-21)10-11-19(20)28-13-15-6-2-4-8-17(15)23/h2-12,21,24H,13H2,1H3,(H,25,26). The Labute approximate surface area is 168 Å². The van der Waals surface area contributed by atoms with E-state index < -0.39 is 0 Å². The van der Waals surface area contributed by atoms with Gasteiger partial charge < -0.3 is 20.1 Å². The highest BCUT2D eigenvalue weighted by atomic mass is 35.5. The summed E-state index contributed by atoms with van der Waals surface area (Å²) >= 11 is 6.19. The summed E-state index contributed by atoms with van der Waals surface area (Å²) in [4.78, 5) is 12.4. The molecule has 0 radical (unpaired) electrons. The predicted molar refractivity (Wildman–Crippen MR) is 109 cm³/mol. The number of carbonyl (C=O) groups excluding carboxylic acids is 1. The van der Waals surface area contributed by atoms with Crippen molar-refractivity contribution in [1.82, 2.24) is 5.32 Å². The highest BCUT2D eigenvalue weighted by Gasteiger charge is 2.25. The first-order valence-corrected chi connectivity index (χ1v) is 9.24. The number of hydrogen-bond donors (Lipinski definition) is 2. The van der Waals surface area contributed by atoms with E-state index in [1.165, 1.54) is 0 Å². The molecule has 0 fully saturated rings. The molecular weight excluding hydrogens is 376 g/mol. The number of methoxy groups -OCH3 is 1. The Balaban J connectivity index is 1.54. The molecule has 5 nitrogen and oxygen atoms in total. The molecule has 1 aliphatic heterocycles. The average molecular weight is 395 g/mol. The van der Waals surface area contributed by atoms with Gasteiger partial charge in [-0.2, -0.15) is 0 Å². The van der Waals surface area contributed by atoms with Crippen molar-refractivity contribution in [3.05, 3.63) is 88.4 Å². The van der Waals surface area contributed by atoms with Crippen molar-refractivity contribution in [2.24, 2.45) is 0 Å². The molecule has 0 aromatic heterocycles. The number of anilines is 1. The molecule has 1 heterocycles. The molecule has 1 atom stereocenters. The Morgan fingerprint density at radius 1 is 0.964 bits per heavy atom. The van der Waals surface area contributed by atoms with Crippen LogP contribution in [0.4, 0.5) is 5.69 Å². The number of amides is 1. The van der Waals surface area contributed by atoms with Crippen molar-refractivity contribution in [3.8, 4) is 11.5 Å². The van der Waals surface area contributed by atoms with Crippen molar-refractivity contribution in [3.63, 3.8) is 0 Å². The number of benzene rings is 3. The van der Waals surface area contributed by atoms with Gasteiger partial charge in [-0.15, -0.1) is 0 Å². The van der Waals surface area contributed by atoms with E-state index in [1.807, 2.05) is 60.7 Å². The van der Waals surface area contributed by atoms with E-state index in [-0.39, 0.29) is 12.1 Å². The third kappa shape index (κ3) is 3.62. The third-order valence-electron chi connectivity index (χ3n) is 4.61. The van der Waals surface area contributed by atoms with Crippen LogP contribution in [0.2, 0.25) is 5.02 Å². The van der Waals surface area contributed by atoms with E-state index in [2.05, 4.69) is 10.6 Å². The fourth-order valence-corrected chi connectivity index (χ4v) is 3.32. The smallest absolute Gasteiger partial charge is 0.255 e. The first-order chi connectivity index (χ1) is 13.7.